The van der Waals surface area contributed by atoms with E-state index in [1.54, 1.807) is 0 Å². The van der Waals surface area contributed by atoms with E-state index in [1.165, 1.54) is 75.5 Å². The Morgan fingerprint density at radius 1 is 0.298 bits per heavy atom. The summed E-state index contributed by atoms with van der Waals surface area (Å²) in [5, 5.41) is 10.5. The lowest BCUT2D eigenvalue weighted by Gasteiger charge is -2.36. The van der Waals surface area contributed by atoms with E-state index in [0.717, 1.165) is 11.4 Å². The molecule has 0 N–H and O–H groups in total. The van der Waals surface area contributed by atoms with Crippen LogP contribution >= 0.6 is 0 Å². The molecule has 0 aliphatic heterocycles. The van der Waals surface area contributed by atoms with E-state index < -0.39 is 8.07 Å². The average molecular weight is 743 g/mol. The van der Waals surface area contributed by atoms with Crippen LogP contribution in [-0.4, -0.2) is 17.2 Å². The Morgan fingerprint density at radius 3 is 1.35 bits per heavy atom. The van der Waals surface area contributed by atoms with E-state index in [1.807, 2.05) is 0 Å². The number of benzene rings is 9. The summed E-state index contributed by atoms with van der Waals surface area (Å²) in [5.74, 6) is 0. The molecule has 9 aromatic carbocycles. The summed E-state index contributed by atoms with van der Waals surface area (Å²) in [6.07, 6.45) is 0. The number of hydrogen-bond acceptors (Lipinski definition) is 0. The summed E-state index contributed by atoms with van der Waals surface area (Å²) < 4.78 is 4.90. The van der Waals surface area contributed by atoms with Crippen molar-refractivity contribution in [2.75, 3.05) is 0 Å². The van der Waals surface area contributed by atoms with Gasteiger partial charge in [0.1, 0.15) is 0 Å². The zero-order valence-electron chi connectivity index (χ0n) is 31.3. The summed E-state index contributed by atoms with van der Waals surface area (Å²) in [6, 6.07) is 85.3. The van der Waals surface area contributed by atoms with Crippen LogP contribution in [0.15, 0.2) is 231 Å². The van der Waals surface area contributed by atoms with Crippen LogP contribution in [0.1, 0.15) is 0 Å². The van der Waals surface area contributed by atoms with Gasteiger partial charge in [0.05, 0.1) is 22.1 Å². The predicted octanol–water partition coefficient (Wildman–Crippen LogP) is 10.9. The molecule has 11 aromatic rings. The second kappa shape index (κ2) is 13.5. The van der Waals surface area contributed by atoms with Crippen molar-refractivity contribution < 1.29 is 0 Å². The summed E-state index contributed by atoms with van der Waals surface area (Å²) in [6.45, 7) is 0. The Hall–Kier alpha value is -7.20. The van der Waals surface area contributed by atoms with E-state index >= 15 is 0 Å². The van der Waals surface area contributed by atoms with Gasteiger partial charge in [0.15, 0.2) is 8.07 Å². The van der Waals surface area contributed by atoms with Gasteiger partial charge in [-0.15, -0.1) is 0 Å². The first kappa shape index (κ1) is 33.2. The van der Waals surface area contributed by atoms with Crippen LogP contribution in [0.25, 0.3) is 66.1 Å². The van der Waals surface area contributed by atoms with Crippen LogP contribution in [0.2, 0.25) is 0 Å². The molecule has 0 amide bonds. The minimum Gasteiger partial charge on any atom is -0.309 e. The number of hydrogen-bond donors (Lipinski definition) is 0. The topological polar surface area (TPSA) is 9.86 Å². The minimum atomic E-state index is -2.91. The average Bonchev–Trinajstić information content (AvgIpc) is 3.81. The fraction of sp³-hybridized carbons (Fsp3) is 0. The lowest BCUT2D eigenvalue weighted by atomic mass is 9.99. The Labute approximate surface area is 333 Å². The monoisotopic (exact) mass is 742 g/mol. The molecule has 3 heteroatoms. The first-order chi connectivity index (χ1) is 28.3. The molecule has 57 heavy (non-hydrogen) atoms. The van der Waals surface area contributed by atoms with Gasteiger partial charge in [-0.2, -0.15) is 0 Å². The molecule has 268 valence electrons. The quantitative estimate of drug-likeness (QED) is 0.114. The molecule has 0 spiro atoms. The maximum Gasteiger partial charge on any atom is 0.180 e. The molecule has 2 heterocycles. The molecule has 0 fully saturated rings. The van der Waals surface area contributed by atoms with Gasteiger partial charge in [0.2, 0.25) is 0 Å². The van der Waals surface area contributed by atoms with Crippen molar-refractivity contribution in [1.29, 1.82) is 0 Å². The van der Waals surface area contributed by atoms with Gasteiger partial charge in [-0.05, 0) is 74.3 Å². The first-order valence-electron chi connectivity index (χ1n) is 19.7. The highest BCUT2D eigenvalue weighted by molar-refractivity contribution is 7.20. The normalized spacial score (nSPS) is 11.9. The molecule has 0 saturated carbocycles. The lowest BCUT2D eigenvalue weighted by molar-refractivity contribution is 1.15. The van der Waals surface area contributed by atoms with Crippen LogP contribution in [-0.2, 0) is 0 Å². The zero-order chi connectivity index (χ0) is 37.8. The molecule has 0 aliphatic carbocycles. The van der Waals surface area contributed by atoms with E-state index in [-0.39, 0.29) is 0 Å². The van der Waals surface area contributed by atoms with Gasteiger partial charge in [-0.1, -0.05) is 188 Å². The highest BCUT2D eigenvalue weighted by atomic mass is 28.3. The largest absolute Gasteiger partial charge is 0.309 e. The second-order valence-corrected chi connectivity index (χ2v) is 18.6. The highest BCUT2D eigenvalue weighted by Crippen LogP contribution is 2.40. The number of nitrogens with zero attached hydrogens (tertiary/aromatic N) is 2. The molecule has 0 radical (unpaired) electrons. The Bertz CT molecular complexity index is 3110. The Balaban J connectivity index is 1.29. The molecule has 2 aromatic heterocycles. The van der Waals surface area contributed by atoms with Crippen LogP contribution in [0.4, 0.5) is 0 Å². The van der Waals surface area contributed by atoms with Crippen molar-refractivity contribution in [3.05, 3.63) is 231 Å². The van der Waals surface area contributed by atoms with E-state index in [4.69, 9.17) is 0 Å². The molecular formula is C54H38N2Si. The summed E-state index contributed by atoms with van der Waals surface area (Å²) in [7, 11) is -2.91. The van der Waals surface area contributed by atoms with Crippen LogP contribution in [0.3, 0.4) is 0 Å². The maximum atomic E-state index is 2.49. The highest BCUT2D eigenvalue weighted by Gasteiger charge is 2.43. The molecule has 0 bridgehead atoms. The fourth-order valence-electron chi connectivity index (χ4n) is 9.54. The Morgan fingerprint density at radius 2 is 0.754 bits per heavy atom. The third-order valence-corrected chi connectivity index (χ3v) is 16.7. The summed E-state index contributed by atoms with van der Waals surface area (Å²) >= 11 is 0. The first-order valence-corrected chi connectivity index (χ1v) is 21.7. The van der Waals surface area contributed by atoms with Gasteiger partial charge in [-0.3, -0.25) is 0 Å². The summed E-state index contributed by atoms with van der Waals surface area (Å²) in [5.41, 5.74) is 9.59. The van der Waals surface area contributed by atoms with Crippen molar-refractivity contribution in [2.24, 2.45) is 0 Å². The minimum absolute atomic E-state index is 1.14. The lowest BCUT2D eigenvalue weighted by Crippen LogP contribution is -2.75. The van der Waals surface area contributed by atoms with Gasteiger partial charge >= 0.3 is 0 Å². The predicted molar refractivity (Wildman–Crippen MR) is 244 cm³/mol. The molecule has 11 rings (SSSR count). The van der Waals surface area contributed by atoms with Crippen molar-refractivity contribution in [2.45, 2.75) is 0 Å². The number of aromatic nitrogens is 2. The van der Waals surface area contributed by atoms with Crippen LogP contribution < -0.4 is 20.7 Å². The maximum absolute atomic E-state index is 2.91. The standard InChI is InChI=1S/C54H38N2Si/c1-6-20-39(21-7-1)53-52(57(42-24-10-3-11-25-42,43-26-12-4-13-27-43)44-28-14-5-15-29-44)37-36-50-54(53)47-31-17-19-33-49(47)56(50)41-34-35-46-45-30-16-18-32-48(45)55(51(46)38-41)40-22-8-2-9-23-40/h1-38H. The van der Waals surface area contributed by atoms with E-state index in [0.29, 0.717) is 0 Å². The smallest absolute Gasteiger partial charge is 0.180 e. The Kier molecular flexibility index (Phi) is 7.87. The van der Waals surface area contributed by atoms with Gasteiger partial charge in [0.25, 0.3) is 0 Å². The van der Waals surface area contributed by atoms with Crippen molar-refractivity contribution in [3.8, 4) is 22.5 Å². The van der Waals surface area contributed by atoms with E-state index in [9.17, 15) is 0 Å². The van der Waals surface area contributed by atoms with Crippen molar-refractivity contribution in [1.82, 2.24) is 9.13 Å². The number of rotatable bonds is 7. The summed E-state index contributed by atoms with van der Waals surface area (Å²) in [4.78, 5) is 0. The molecule has 2 nitrogen and oxygen atoms in total. The van der Waals surface area contributed by atoms with Gasteiger partial charge < -0.3 is 9.13 Å². The molecule has 0 aliphatic rings. The van der Waals surface area contributed by atoms with Crippen molar-refractivity contribution >= 4 is 72.4 Å². The molecule has 0 saturated heterocycles. The zero-order valence-corrected chi connectivity index (χ0v) is 32.3. The van der Waals surface area contributed by atoms with Gasteiger partial charge in [0, 0.05) is 32.9 Å². The van der Waals surface area contributed by atoms with Crippen molar-refractivity contribution in [3.63, 3.8) is 0 Å². The SMILES string of the molecule is c1ccc(-c2c([Si](c3ccccc3)(c3ccccc3)c3ccccc3)ccc3c2c2ccccc2n3-c2ccc3c4ccccc4n(-c4ccccc4)c3c2)cc1. The molecule has 0 atom stereocenters. The molecular weight excluding hydrogens is 705 g/mol. The van der Waals surface area contributed by atoms with Gasteiger partial charge in [-0.25, -0.2) is 0 Å². The third-order valence-electron chi connectivity index (χ3n) is 11.9. The van der Waals surface area contributed by atoms with Crippen LogP contribution in [0.5, 0.6) is 0 Å². The number of fused-ring (bicyclic) bond motifs is 6. The molecule has 0 unspecified atom stereocenters. The second-order valence-electron chi connectivity index (χ2n) is 14.8. The third kappa shape index (κ3) is 5.10. The number of para-hydroxylation sites is 3. The van der Waals surface area contributed by atoms with E-state index in [2.05, 4.69) is 240 Å². The fourth-order valence-corrected chi connectivity index (χ4v) is 14.5. The van der Waals surface area contributed by atoms with Crippen LogP contribution in [0, 0.1) is 0 Å².